The van der Waals surface area contributed by atoms with Crippen molar-refractivity contribution in [3.63, 3.8) is 0 Å². The van der Waals surface area contributed by atoms with Crippen LogP contribution in [-0.2, 0) is 9.53 Å². The summed E-state index contributed by atoms with van der Waals surface area (Å²) >= 11 is 0. The van der Waals surface area contributed by atoms with Crippen molar-refractivity contribution < 1.29 is 29.0 Å². The number of carbonyl (C=O) groups is 3. The number of ether oxygens (including phenoxy) is 2. The van der Waals surface area contributed by atoms with Crippen molar-refractivity contribution >= 4 is 29.3 Å². The minimum Gasteiger partial charge on any atom is -0.490 e. The number of carboxylic acids is 1. The number of anilines is 2. The standard InChI is InChI=1S/C23H25N3O6/c1-26-18-9-8-16(12-21(27)28)32-20(18)13-31-19-10-7-15(11-17(19)22(26)29)25-23(30)24-14-5-3-2-4-6-14/h2-7,10-11,16,18,20H,8-9,12-13H2,1H3,(H,27,28)(H2,24,25,30)/t16-,18-,20+/m0/s1. The van der Waals surface area contributed by atoms with Crippen molar-refractivity contribution in [2.24, 2.45) is 0 Å². The molecule has 9 heteroatoms. The Balaban J connectivity index is 1.49. The molecule has 0 aliphatic carbocycles. The van der Waals surface area contributed by atoms with Crippen LogP contribution in [-0.4, -0.2) is 59.8 Å². The molecule has 0 aromatic heterocycles. The second-order valence-electron chi connectivity index (χ2n) is 7.92. The third-order valence-corrected chi connectivity index (χ3v) is 5.70. The molecule has 32 heavy (non-hydrogen) atoms. The van der Waals surface area contributed by atoms with E-state index in [4.69, 9.17) is 14.6 Å². The highest BCUT2D eigenvalue weighted by molar-refractivity contribution is 6.02. The van der Waals surface area contributed by atoms with Gasteiger partial charge in [-0.05, 0) is 43.2 Å². The van der Waals surface area contributed by atoms with Crippen LogP contribution in [0, 0.1) is 0 Å². The Morgan fingerprint density at radius 2 is 1.84 bits per heavy atom. The minimum atomic E-state index is -0.911. The van der Waals surface area contributed by atoms with Crippen LogP contribution >= 0.6 is 0 Å². The number of amides is 3. The van der Waals surface area contributed by atoms with Crippen molar-refractivity contribution in [3.8, 4) is 5.75 Å². The van der Waals surface area contributed by atoms with Crippen LogP contribution in [0.5, 0.6) is 5.75 Å². The van der Waals surface area contributed by atoms with Crippen LogP contribution < -0.4 is 15.4 Å². The van der Waals surface area contributed by atoms with E-state index in [9.17, 15) is 14.4 Å². The summed E-state index contributed by atoms with van der Waals surface area (Å²) in [4.78, 5) is 38.2. The van der Waals surface area contributed by atoms with Gasteiger partial charge in [-0.2, -0.15) is 0 Å². The van der Waals surface area contributed by atoms with Crippen molar-refractivity contribution in [3.05, 3.63) is 54.1 Å². The van der Waals surface area contributed by atoms with Crippen LogP contribution in [0.3, 0.4) is 0 Å². The van der Waals surface area contributed by atoms with E-state index in [1.165, 1.54) is 0 Å². The lowest BCUT2D eigenvalue weighted by Gasteiger charge is -2.42. The number of likely N-dealkylation sites (N-methyl/N-ethyl adjacent to an activating group) is 1. The van der Waals surface area contributed by atoms with Crippen molar-refractivity contribution in [2.45, 2.75) is 37.5 Å². The molecule has 0 unspecified atom stereocenters. The first-order chi connectivity index (χ1) is 15.4. The van der Waals surface area contributed by atoms with Crippen molar-refractivity contribution in [1.82, 2.24) is 4.90 Å². The number of hydrogen-bond donors (Lipinski definition) is 3. The highest BCUT2D eigenvalue weighted by atomic mass is 16.5. The number of fused-ring (bicyclic) bond motifs is 2. The lowest BCUT2D eigenvalue weighted by atomic mass is 9.94. The van der Waals surface area contributed by atoms with Gasteiger partial charge in [0.05, 0.1) is 24.1 Å². The zero-order valence-electron chi connectivity index (χ0n) is 17.6. The molecule has 3 atom stereocenters. The van der Waals surface area contributed by atoms with E-state index in [1.807, 2.05) is 18.2 Å². The number of hydrogen-bond acceptors (Lipinski definition) is 5. The van der Waals surface area contributed by atoms with Crippen LogP contribution in [0.1, 0.15) is 29.6 Å². The van der Waals surface area contributed by atoms with E-state index in [1.54, 1.807) is 42.3 Å². The normalized spacial score (nSPS) is 22.5. The van der Waals surface area contributed by atoms with Crippen molar-refractivity contribution in [2.75, 3.05) is 24.3 Å². The summed E-state index contributed by atoms with van der Waals surface area (Å²) in [5, 5.41) is 14.5. The number of nitrogens with one attached hydrogen (secondary N) is 2. The second-order valence-corrected chi connectivity index (χ2v) is 7.92. The smallest absolute Gasteiger partial charge is 0.323 e. The molecule has 2 aliphatic rings. The van der Waals surface area contributed by atoms with Crippen LogP contribution in [0.2, 0.25) is 0 Å². The molecular formula is C23H25N3O6. The predicted molar refractivity (Wildman–Crippen MR) is 117 cm³/mol. The molecule has 3 N–H and O–H groups in total. The summed E-state index contributed by atoms with van der Waals surface area (Å²) in [5.41, 5.74) is 1.46. The number of rotatable bonds is 4. The summed E-state index contributed by atoms with van der Waals surface area (Å²) in [5.74, 6) is -0.772. The largest absolute Gasteiger partial charge is 0.490 e. The number of benzene rings is 2. The minimum absolute atomic E-state index is 0.0719. The van der Waals surface area contributed by atoms with Gasteiger partial charge in [-0.1, -0.05) is 18.2 Å². The van der Waals surface area contributed by atoms with Gasteiger partial charge in [0.1, 0.15) is 18.5 Å². The maximum atomic E-state index is 13.2. The van der Waals surface area contributed by atoms with Gasteiger partial charge in [-0.15, -0.1) is 0 Å². The fraction of sp³-hybridized carbons (Fsp3) is 0.348. The Morgan fingerprint density at radius 1 is 1.09 bits per heavy atom. The van der Waals surface area contributed by atoms with Crippen LogP contribution in [0.15, 0.2) is 48.5 Å². The second kappa shape index (κ2) is 9.27. The summed E-state index contributed by atoms with van der Waals surface area (Å²) in [6.07, 6.45) is 0.302. The molecular weight excluding hydrogens is 414 g/mol. The molecule has 1 saturated heterocycles. The summed E-state index contributed by atoms with van der Waals surface area (Å²) in [7, 11) is 1.71. The zero-order chi connectivity index (χ0) is 22.7. The highest BCUT2D eigenvalue weighted by Crippen LogP contribution is 2.32. The van der Waals surface area contributed by atoms with E-state index in [0.717, 1.165) is 0 Å². The Kier molecular flexibility index (Phi) is 6.27. The molecule has 3 amide bonds. The molecule has 168 valence electrons. The maximum absolute atomic E-state index is 13.2. The van der Waals surface area contributed by atoms with E-state index >= 15 is 0 Å². The number of urea groups is 1. The van der Waals surface area contributed by atoms with Gasteiger partial charge in [0.15, 0.2) is 0 Å². The lowest BCUT2D eigenvalue weighted by Crippen LogP contribution is -2.53. The first-order valence-corrected chi connectivity index (χ1v) is 10.4. The Bertz CT molecular complexity index is 1010. The molecule has 2 heterocycles. The van der Waals surface area contributed by atoms with Gasteiger partial charge < -0.3 is 30.1 Å². The monoisotopic (exact) mass is 439 g/mol. The van der Waals surface area contributed by atoms with Gasteiger partial charge in [-0.3, -0.25) is 9.59 Å². The number of para-hydroxylation sites is 1. The molecule has 9 nitrogen and oxygen atoms in total. The van der Waals surface area contributed by atoms with Crippen LogP contribution in [0.25, 0.3) is 0 Å². The van der Waals surface area contributed by atoms with Crippen molar-refractivity contribution in [1.29, 1.82) is 0 Å². The average Bonchev–Trinajstić information content (AvgIpc) is 2.77. The fourth-order valence-electron chi connectivity index (χ4n) is 4.11. The van der Waals surface area contributed by atoms with Gasteiger partial charge in [0, 0.05) is 18.4 Å². The van der Waals surface area contributed by atoms with Gasteiger partial charge in [0.2, 0.25) is 0 Å². The summed E-state index contributed by atoms with van der Waals surface area (Å²) < 4.78 is 11.8. The Hall–Kier alpha value is -3.59. The average molecular weight is 439 g/mol. The SMILES string of the molecule is CN1C(=O)c2cc(NC(=O)Nc3ccccc3)ccc2OC[C@H]2O[C@H](CC(=O)O)CC[C@@H]21. The molecule has 0 bridgehead atoms. The topological polar surface area (TPSA) is 117 Å². The van der Waals surface area contributed by atoms with E-state index in [2.05, 4.69) is 10.6 Å². The highest BCUT2D eigenvalue weighted by Gasteiger charge is 2.39. The van der Waals surface area contributed by atoms with Gasteiger partial charge >= 0.3 is 12.0 Å². The summed E-state index contributed by atoms with van der Waals surface area (Å²) in [6, 6.07) is 13.3. The molecule has 0 saturated carbocycles. The Labute approximate surface area is 185 Å². The third kappa shape index (κ3) is 4.83. The number of carbonyl (C=O) groups excluding carboxylic acids is 2. The fourth-order valence-corrected chi connectivity index (χ4v) is 4.11. The maximum Gasteiger partial charge on any atom is 0.323 e. The summed E-state index contributed by atoms with van der Waals surface area (Å²) in [6.45, 7) is 0.201. The van der Waals surface area contributed by atoms with Gasteiger partial charge in [0.25, 0.3) is 5.91 Å². The first kappa shape index (κ1) is 21.6. The van der Waals surface area contributed by atoms with E-state index in [0.29, 0.717) is 35.5 Å². The molecule has 0 spiro atoms. The lowest BCUT2D eigenvalue weighted by molar-refractivity contribution is -0.148. The van der Waals surface area contributed by atoms with Crippen LogP contribution in [0.4, 0.5) is 16.2 Å². The number of nitrogens with zero attached hydrogens (tertiary/aromatic N) is 1. The third-order valence-electron chi connectivity index (χ3n) is 5.70. The molecule has 2 aromatic rings. The molecule has 2 aliphatic heterocycles. The quantitative estimate of drug-likeness (QED) is 0.674. The molecule has 0 radical (unpaired) electrons. The number of carboxylic acid groups (broad SMARTS) is 1. The molecule has 2 aromatic carbocycles. The predicted octanol–water partition coefficient (Wildman–Crippen LogP) is 3.19. The Morgan fingerprint density at radius 3 is 2.59 bits per heavy atom. The first-order valence-electron chi connectivity index (χ1n) is 10.4. The number of aliphatic carboxylic acids is 1. The van der Waals surface area contributed by atoms with E-state index < -0.39 is 24.2 Å². The van der Waals surface area contributed by atoms with E-state index in [-0.39, 0.29) is 25.0 Å². The molecule has 4 rings (SSSR count). The molecule has 1 fully saturated rings. The van der Waals surface area contributed by atoms with Gasteiger partial charge in [-0.25, -0.2) is 4.79 Å². The zero-order valence-corrected chi connectivity index (χ0v) is 17.6.